The van der Waals surface area contributed by atoms with E-state index in [4.69, 9.17) is 14.4 Å². The highest BCUT2D eigenvalue weighted by Crippen LogP contribution is 2.20. The van der Waals surface area contributed by atoms with Crippen LogP contribution >= 0.6 is 0 Å². The van der Waals surface area contributed by atoms with Crippen molar-refractivity contribution < 1.29 is 13.9 Å². The van der Waals surface area contributed by atoms with Gasteiger partial charge in [-0.2, -0.15) is 5.26 Å². The van der Waals surface area contributed by atoms with Gasteiger partial charge in [0.05, 0.1) is 31.4 Å². The zero-order chi connectivity index (χ0) is 14.9. The summed E-state index contributed by atoms with van der Waals surface area (Å²) >= 11 is 0. The zero-order valence-electron chi connectivity index (χ0n) is 12.3. The standard InChI is InChI=1S/C16H22N2O3/c17-9-5-10-18(12-15-8-4-11-20-15)16(19)13-21-14-6-2-1-3-7-14/h4,8,11,14H,1-3,5-7,10,12-13H2. The highest BCUT2D eigenvalue weighted by molar-refractivity contribution is 5.77. The number of nitrogens with zero attached hydrogens (tertiary/aromatic N) is 2. The predicted octanol–water partition coefficient (Wildman–Crippen LogP) is 2.87. The number of ether oxygens (including phenoxy) is 1. The number of rotatable bonds is 7. The molecule has 114 valence electrons. The average Bonchev–Trinajstić information content (AvgIpc) is 3.03. The maximum Gasteiger partial charge on any atom is 0.249 e. The Morgan fingerprint density at radius 2 is 2.24 bits per heavy atom. The van der Waals surface area contributed by atoms with Crippen LogP contribution in [-0.4, -0.2) is 30.1 Å². The van der Waals surface area contributed by atoms with Gasteiger partial charge in [0.1, 0.15) is 12.4 Å². The minimum atomic E-state index is -0.0766. The lowest BCUT2D eigenvalue weighted by Crippen LogP contribution is -2.35. The highest BCUT2D eigenvalue weighted by atomic mass is 16.5. The fraction of sp³-hybridized carbons (Fsp3) is 0.625. The molecule has 1 aliphatic rings. The third-order valence-corrected chi connectivity index (χ3v) is 3.77. The van der Waals surface area contributed by atoms with Crippen LogP contribution in [0.5, 0.6) is 0 Å². The number of carbonyl (C=O) groups excluding carboxylic acids is 1. The van der Waals surface area contributed by atoms with E-state index in [1.165, 1.54) is 19.3 Å². The first-order valence-electron chi connectivity index (χ1n) is 7.58. The van der Waals surface area contributed by atoms with Crippen LogP contribution in [0, 0.1) is 11.3 Å². The molecule has 1 saturated carbocycles. The Bertz CT molecular complexity index is 458. The summed E-state index contributed by atoms with van der Waals surface area (Å²) in [5.41, 5.74) is 0. The molecule has 0 aromatic carbocycles. The number of nitriles is 1. The Balaban J connectivity index is 1.82. The van der Waals surface area contributed by atoms with Crippen molar-refractivity contribution in [2.75, 3.05) is 13.2 Å². The van der Waals surface area contributed by atoms with Gasteiger partial charge in [-0.15, -0.1) is 0 Å². The maximum atomic E-state index is 12.3. The number of hydrogen-bond acceptors (Lipinski definition) is 4. The molecule has 5 heteroatoms. The number of furan rings is 1. The number of amides is 1. The van der Waals surface area contributed by atoms with Crippen molar-refractivity contribution in [3.8, 4) is 6.07 Å². The maximum absolute atomic E-state index is 12.3. The minimum absolute atomic E-state index is 0.0766. The second-order valence-electron chi connectivity index (χ2n) is 5.37. The van der Waals surface area contributed by atoms with Crippen LogP contribution in [-0.2, 0) is 16.1 Å². The molecule has 0 spiro atoms. The Kier molecular flexibility index (Phi) is 6.29. The largest absolute Gasteiger partial charge is 0.467 e. The van der Waals surface area contributed by atoms with Gasteiger partial charge < -0.3 is 14.1 Å². The summed E-state index contributed by atoms with van der Waals surface area (Å²) in [6.07, 6.45) is 7.83. The Morgan fingerprint density at radius 1 is 1.43 bits per heavy atom. The van der Waals surface area contributed by atoms with Crippen molar-refractivity contribution in [2.45, 2.75) is 51.2 Å². The molecule has 1 aromatic rings. The first-order chi connectivity index (χ1) is 10.3. The van der Waals surface area contributed by atoms with Crippen molar-refractivity contribution in [1.29, 1.82) is 5.26 Å². The lowest BCUT2D eigenvalue weighted by Gasteiger charge is -2.24. The minimum Gasteiger partial charge on any atom is -0.467 e. The topological polar surface area (TPSA) is 66.5 Å². The van der Waals surface area contributed by atoms with Gasteiger partial charge in [-0.1, -0.05) is 19.3 Å². The van der Waals surface area contributed by atoms with E-state index >= 15 is 0 Å². The van der Waals surface area contributed by atoms with Gasteiger partial charge in [-0.3, -0.25) is 4.79 Å². The van der Waals surface area contributed by atoms with Crippen LogP contribution in [0.1, 0.15) is 44.3 Å². The molecular formula is C16H22N2O3. The molecule has 0 aliphatic heterocycles. The molecular weight excluding hydrogens is 268 g/mol. The lowest BCUT2D eigenvalue weighted by molar-refractivity contribution is -0.139. The summed E-state index contributed by atoms with van der Waals surface area (Å²) < 4.78 is 11.0. The SMILES string of the molecule is N#CCCN(Cc1ccco1)C(=O)COC1CCCCC1. The zero-order valence-corrected chi connectivity index (χ0v) is 12.3. The smallest absolute Gasteiger partial charge is 0.249 e. The Morgan fingerprint density at radius 3 is 2.90 bits per heavy atom. The summed E-state index contributed by atoms with van der Waals surface area (Å²) in [6.45, 7) is 0.891. The third kappa shape index (κ3) is 5.24. The van der Waals surface area contributed by atoms with Crippen LogP contribution in [0.4, 0.5) is 0 Å². The molecule has 0 radical (unpaired) electrons. The molecule has 2 rings (SSSR count). The van der Waals surface area contributed by atoms with E-state index in [0.29, 0.717) is 19.5 Å². The Hall–Kier alpha value is -1.80. The molecule has 0 unspecified atom stereocenters. The second-order valence-corrected chi connectivity index (χ2v) is 5.37. The van der Waals surface area contributed by atoms with Gasteiger partial charge in [0, 0.05) is 6.54 Å². The van der Waals surface area contributed by atoms with Crippen molar-refractivity contribution in [2.24, 2.45) is 0 Å². The van der Waals surface area contributed by atoms with E-state index in [0.717, 1.165) is 18.6 Å². The monoisotopic (exact) mass is 290 g/mol. The summed E-state index contributed by atoms with van der Waals surface area (Å²) in [5, 5.41) is 8.71. The molecule has 21 heavy (non-hydrogen) atoms. The summed E-state index contributed by atoms with van der Waals surface area (Å²) in [6, 6.07) is 5.69. The van der Waals surface area contributed by atoms with E-state index in [-0.39, 0.29) is 18.6 Å². The lowest BCUT2D eigenvalue weighted by atomic mass is 9.98. The molecule has 0 bridgehead atoms. The Labute approximate surface area is 125 Å². The summed E-state index contributed by atoms with van der Waals surface area (Å²) in [4.78, 5) is 13.9. The molecule has 5 nitrogen and oxygen atoms in total. The molecule has 1 heterocycles. The van der Waals surface area contributed by atoms with Crippen LogP contribution in [0.15, 0.2) is 22.8 Å². The predicted molar refractivity (Wildman–Crippen MR) is 77.2 cm³/mol. The molecule has 1 amide bonds. The van der Waals surface area contributed by atoms with E-state index in [1.807, 2.05) is 6.07 Å². The fourth-order valence-corrected chi connectivity index (χ4v) is 2.58. The van der Waals surface area contributed by atoms with Gasteiger partial charge in [-0.25, -0.2) is 0 Å². The van der Waals surface area contributed by atoms with E-state index < -0.39 is 0 Å². The summed E-state index contributed by atoms with van der Waals surface area (Å²) in [5.74, 6) is 0.645. The molecule has 0 N–H and O–H groups in total. The van der Waals surface area contributed by atoms with Gasteiger partial charge in [0.2, 0.25) is 5.91 Å². The molecule has 1 aliphatic carbocycles. The van der Waals surface area contributed by atoms with Crippen molar-refractivity contribution in [1.82, 2.24) is 4.90 Å². The first kappa shape index (κ1) is 15.6. The number of carbonyl (C=O) groups is 1. The first-order valence-corrected chi connectivity index (χ1v) is 7.58. The van der Waals surface area contributed by atoms with Gasteiger partial charge in [-0.05, 0) is 25.0 Å². The molecule has 1 aromatic heterocycles. The van der Waals surface area contributed by atoms with Crippen LogP contribution in [0.25, 0.3) is 0 Å². The van der Waals surface area contributed by atoms with Crippen molar-refractivity contribution in [3.05, 3.63) is 24.2 Å². The molecule has 1 fully saturated rings. The summed E-state index contributed by atoms with van der Waals surface area (Å²) in [7, 11) is 0. The average molecular weight is 290 g/mol. The quantitative estimate of drug-likeness (QED) is 0.774. The van der Waals surface area contributed by atoms with Crippen molar-refractivity contribution >= 4 is 5.91 Å². The van der Waals surface area contributed by atoms with E-state index in [1.54, 1.807) is 17.2 Å². The molecule has 0 saturated heterocycles. The van der Waals surface area contributed by atoms with Crippen LogP contribution < -0.4 is 0 Å². The normalized spacial score (nSPS) is 15.6. The van der Waals surface area contributed by atoms with Crippen LogP contribution in [0.2, 0.25) is 0 Å². The van der Waals surface area contributed by atoms with E-state index in [2.05, 4.69) is 6.07 Å². The van der Waals surface area contributed by atoms with E-state index in [9.17, 15) is 4.79 Å². The van der Waals surface area contributed by atoms with Gasteiger partial charge in [0.15, 0.2) is 0 Å². The fourth-order valence-electron chi connectivity index (χ4n) is 2.58. The third-order valence-electron chi connectivity index (χ3n) is 3.77. The van der Waals surface area contributed by atoms with Gasteiger partial charge >= 0.3 is 0 Å². The molecule has 0 atom stereocenters. The second kappa shape index (κ2) is 8.48. The highest BCUT2D eigenvalue weighted by Gasteiger charge is 2.19. The van der Waals surface area contributed by atoms with Crippen molar-refractivity contribution in [3.63, 3.8) is 0 Å². The number of hydrogen-bond donors (Lipinski definition) is 0. The van der Waals surface area contributed by atoms with Crippen LogP contribution in [0.3, 0.4) is 0 Å². The van der Waals surface area contributed by atoms with Gasteiger partial charge in [0.25, 0.3) is 0 Å².